The fourth-order valence-corrected chi connectivity index (χ4v) is 1.98. The third kappa shape index (κ3) is 1.70. The van der Waals surface area contributed by atoms with Crippen LogP contribution >= 0.6 is 23.1 Å². The quantitative estimate of drug-likeness (QED) is 0.580. The van der Waals surface area contributed by atoms with Crippen LogP contribution in [0.1, 0.15) is 10.5 Å². The third-order valence-electron chi connectivity index (χ3n) is 1.19. The minimum absolute atomic E-state index is 0.215. The van der Waals surface area contributed by atoms with Crippen molar-refractivity contribution in [3.8, 4) is 0 Å². The van der Waals surface area contributed by atoms with Gasteiger partial charge in [0, 0.05) is 0 Å². The number of aromatic nitrogens is 1. The minimum atomic E-state index is -0.482. The van der Waals surface area contributed by atoms with Gasteiger partial charge in [0.15, 0.2) is 10.0 Å². The van der Waals surface area contributed by atoms with Gasteiger partial charge in [-0.15, -0.1) is 0 Å². The van der Waals surface area contributed by atoms with Gasteiger partial charge < -0.3 is 10.5 Å². The molecular formula is C6H8N2O2S2. The molecule has 6 heteroatoms. The van der Waals surface area contributed by atoms with Crippen LogP contribution in [0.4, 0.5) is 5.00 Å². The monoisotopic (exact) mass is 204 g/mol. The van der Waals surface area contributed by atoms with Crippen LogP contribution in [0.2, 0.25) is 0 Å². The van der Waals surface area contributed by atoms with Crippen molar-refractivity contribution in [2.75, 3.05) is 19.1 Å². The molecule has 1 aromatic heterocycles. The second-order valence-electron chi connectivity index (χ2n) is 1.89. The molecule has 0 saturated heterocycles. The lowest BCUT2D eigenvalue weighted by Crippen LogP contribution is -2.04. The summed E-state index contributed by atoms with van der Waals surface area (Å²) in [5.74, 6) is -0.482. The zero-order chi connectivity index (χ0) is 9.14. The number of nitrogens with zero attached hydrogens (tertiary/aromatic N) is 1. The number of anilines is 1. The molecule has 0 bridgehead atoms. The molecule has 0 aliphatic rings. The molecule has 0 aliphatic heterocycles. The Morgan fingerprint density at radius 2 is 2.42 bits per heavy atom. The highest BCUT2D eigenvalue weighted by Crippen LogP contribution is 2.27. The van der Waals surface area contributed by atoms with Gasteiger partial charge >= 0.3 is 5.97 Å². The summed E-state index contributed by atoms with van der Waals surface area (Å²) in [6.45, 7) is 0. The fourth-order valence-electron chi connectivity index (χ4n) is 0.642. The topological polar surface area (TPSA) is 65.2 Å². The van der Waals surface area contributed by atoms with E-state index in [-0.39, 0.29) is 5.69 Å². The summed E-state index contributed by atoms with van der Waals surface area (Å²) in [5.41, 5.74) is 5.75. The van der Waals surface area contributed by atoms with Crippen molar-refractivity contribution in [2.45, 2.75) is 4.34 Å². The summed E-state index contributed by atoms with van der Waals surface area (Å²) in [7, 11) is 1.31. The molecule has 12 heavy (non-hydrogen) atoms. The summed E-state index contributed by atoms with van der Waals surface area (Å²) in [6, 6.07) is 0. The molecule has 0 spiro atoms. The van der Waals surface area contributed by atoms with Crippen LogP contribution in [0.3, 0.4) is 0 Å². The number of ether oxygens (including phenoxy) is 1. The molecule has 0 saturated carbocycles. The van der Waals surface area contributed by atoms with E-state index in [2.05, 4.69) is 9.72 Å². The Bertz CT molecular complexity index is 298. The second kappa shape index (κ2) is 3.77. The van der Waals surface area contributed by atoms with Gasteiger partial charge in [0.1, 0.15) is 5.00 Å². The molecule has 4 nitrogen and oxygen atoms in total. The maximum Gasteiger partial charge on any atom is 0.359 e. The van der Waals surface area contributed by atoms with E-state index >= 15 is 0 Å². The largest absolute Gasteiger partial charge is 0.464 e. The third-order valence-corrected chi connectivity index (χ3v) is 3.06. The lowest BCUT2D eigenvalue weighted by Gasteiger charge is -1.93. The first-order valence-corrected chi connectivity index (χ1v) is 5.11. The van der Waals surface area contributed by atoms with Gasteiger partial charge in [0.2, 0.25) is 0 Å². The smallest absolute Gasteiger partial charge is 0.359 e. The average Bonchev–Trinajstić information content (AvgIpc) is 2.45. The number of nitrogens with two attached hydrogens (primary N) is 1. The molecule has 0 atom stereocenters. The first kappa shape index (κ1) is 9.34. The lowest BCUT2D eigenvalue weighted by molar-refractivity contribution is 0.0595. The van der Waals surface area contributed by atoms with E-state index in [0.29, 0.717) is 5.00 Å². The first-order valence-electron chi connectivity index (χ1n) is 3.07. The van der Waals surface area contributed by atoms with E-state index in [4.69, 9.17) is 5.73 Å². The highest BCUT2D eigenvalue weighted by atomic mass is 32.2. The van der Waals surface area contributed by atoms with Crippen molar-refractivity contribution in [3.05, 3.63) is 5.69 Å². The van der Waals surface area contributed by atoms with Crippen LogP contribution in [0.25, 0.3) is 0 Å². The number of thiazole rings is 1. The predicted octanol–water partition coefficient (Wildman–Crippen LogP) is 1.23. The molecule has 0 fully saturated rings. The Labute approximate surface area is 78.1 Å². The molecule has 1 aromatic rings. The van der Waals surface area contributed by atoms with E-state index in [9.17, 15) is 4.79 Å². The van der Waals surface area contributed by atoms with Gasteiger partial charge in [-0.25, -0.2) is 9.78 Å². The number of thioether (sulfide) groups is 1. The Hall–Kier alpha value is -0.750. The SMILES string of the molecule is COC(=O)c1nc(SC)sc1N. The van der Waals surface area contributed by atoms with E-state index < -0.39 is 5.97 Å². The number of carbonyl (C=O) groups is 1. The summed E-state index contributed by atoms with van der Waals surface area (Å²) in [6.07, 6.45) is 1.87. The number of methoxy groups -OCH3 is 1. The minimum Gasteiger partial charge on any atom is -0.464 e. The Morgan fingerprint density at radius 1 is 1.75 bits per heavy atom. The molecular weight excluding hydrogens is 196 g/mol. The molecule has 0 radical (unpaired) electrons. The molecule has 0 aliphatic carbocycles. The van der Waals surface area contributed by atoms with Gasteiger partial charge in [-0.3, -0.25) is 0 Å². The molecule has 2 N–H and O–H groups in total. The van der Waals surface area contributed by atoms with Crippen molar-refractivity contribution in [2.24, 2.45) is 0 Å². The van der Waals surface area contributed by atoms with Gasteiger partial charge in [0.05, 0.1) is 7.11 Å². The number of hydrogen-bond donors (Lipinski definition) is 1. The summed E-state index contributed by atoms with van der Waals surface area (Å²) >= 11 is 2.74. The van der Waals surface area contributed by atoms with Gasteiger partial charge in [-0.2, -0.15) is 0 Å². The Balaban J connectivity index is 2.99. The highest BCUT2D eigenvalue weighted by Gasteiger charge is 2.15. The number of carbonyl (C=O) groups excluding carboxylic acids is 1. The molecule has 1 rings (SSSR count). The van der Waals surface area contributed by atoms with Crippen molar-refractivity contribution in [1.29, 1.82) is 0 Å². The molecule has 0 aromatic carbocycles. The maximum absolute atomic E-state index is 11.0. The van der Waals surface area contributed by atoms with Crippen LogP contribution in [0.5, 0.6) is 0 Å². The number of hydrogen-bond acceptors (Lipinski definition) is 6. The summed E-state index contributed by atoms with van der Waals surface area (Å²) in [5, 5.41) is 0.409. The van der Waals surface area contributed by atoms with Crippen molar-refractivity contribution < 1.29 is 9.53 Å². The van der Waals surface area contributed by atoms with Gasteiger partial charge in [0.25, 0.3) is 0 Å². The van der Waals surface area contributed by atoms with Crippen molar-refractivity contribution in [1.82, 2.24) is 4.98 Å². The predicted molar refractivity (Wildman–Crippen MR) is 49.6 cm³/mol. The number of esters is 1. The molecule has 66 valence electrons. The lowest BCUT2D eigenvalue weighted by atomic mass is 10.5. The van der Waals surface area contributed by atoms with Crippen LogP contribution < -0.4 is 5.73 Å². The number of nitrogen functional groups attached to an aromatic ring is 1. The standard InChI is InChI=1S/C6H8N2O2S2/c1-10-5(9)3-4(7)12-6(8-3)11-2/h7H2,1-2H3. The molecule has 0 unspecified atom stereocenters. The van der Waals surface area contributed by atoms with Crippen LogP contribution in [-0.4, -0.2) is 24.3 Å². The average molecular weight is 204 g/mol. The maximum atomic E-state index is 11.0. The van der Waals surface area contributed by atoms with Gasteiger partial charge in [-0.05, 0) is 6.26 Å². The second-order valence-corrected chi connectivity index (χ2v) is 3.97. The first-order chi connectivity index (χ1) is 5.69. The van der Waals surface area contributed by atoms with Crippen LogP contribution in [0, 0.1) is 0 Å². The zero-order valence-corrected chi connectivity index (χ0v) is 8.29. The zero-order valence-electron chi connectivity index (χ0n) is 6.66. The van der Waals surface area contributed by atoms with Crippen LogP contribution in [0.15, 0.2) is 4.34 Å². The number of rotatable bonds is 2. The van der Waals surface area contributed by atoms with E-state index in [1.54, 1.807) is 0 Å². The van der Waals surface area contributed by atoms with E-state index in [1.807, 2.05) is 6.26 Å². The Kier molecular flexibility index (Phi) is 2.93. The van der Waals surface area contributed by atoms with E-state index in [0.717, 1.165) is 4.34 Å². The summed E-state index contributed by atoms with van der Waals surface area (Å²) in [4.78, 5) is 15.0. The highest BCUT2D eigenvalue weighted by molar-refractivity contribution is 8.00. The molecule has 1 heterocycles. The van der Waals surface area contributed by atoms with Gasteiger partial charge in [-0.1, -0.05) is 23.1 Å². The molecule has 0 amide bonds. The Morgan fingerprint density at radius 3 is 2.83 bits per heavy atom. The fraction of sp³-hybridized carbons (Fsp3) is 0.333. The summed E-state index contributed by atoms with van der Waals surface area (Å²) < 4.78 is 5.26. The van der Waals surface area contributed by atoms with Crippen molar-refractivity contribution in [3.63, 3.8) is 0 Å². The van der Waals surface area contributed by atoms with E-state index in [1.165, 1.54) is 30.2 Å². The van der Waals surface area contributed by atoms with Crippen molar-refractivity contribution >= 4 is 34.1 Å². The normalized spacial score (nSPS) is 9.83. The van der Waals surface area contributed by atoms with Crippen LogP contribution in [-0.2, 0) is 4.74 Å².